The lowest BCUT2D eigenvalue weighted by atomic mass is 10.1. The van der Waals surface area contributed by atoms with E-state index in [9.17, 15) is 4.79 Å². The van der Waals surface area contributed by atoms with Gasteiger partial charge in [0.2, 0.25) is 11.1 Å². The van der Waals surface area contributed by atoms with Gasteiger partial charge in [0.05, 0.1) is 6.20 Å². The van der Waals surface area contributed by atoms with Crippen molar-refractivity contribution >= 4 is 28.5 Å². The summed E-state index contributed by atoms with van der Waals surface area (Å²) in [5, 5.41) is 0.182. The zero-order valence-electron chi connectivity index (χ0n) is 11.1. The lowest BCUT2D eigenvalue weighted by Gasteiger charge is -2.23. The minimum Gasteiger partial charge on any atom is -0.381 e. The molecule has 4 heterocycles. The molecular weight excluding hydrogens is 294 g/mol. The maximum atomic E-state index is 11.6. The first-order chi connectivity index (χ1) is 10.2. The average Bonchev–Trinajstić information content (AvgIpc) is 2.80. The molecule has 0 unspecified atom stereocenters. The van der Waals surface area contributed by atoms with Crippen molar-refractivity contribution < 1.29 is 4.74 Å². The van der Waals surface area contributed by atoms with Crippen LogP contribution in [0.4, 0.5) is 0 Å². The predicted octanol–water partition coefficient (Wildman–Crippen LogP) is 1.44. The number of aromatic nitrogens is 5. The first kappa shape index (κ1) is 12.7. The largest absolute Gasteiger partial charge is 0.381 e. The molecule has 8 heteroatoms. The van der Waals surface area contributed by atoms with Gasteiger partial charge in [0.15, 0.2) is 5.65 Å². The summed E-state index contributed by atoms with van der Waals surface area (Å²) < 4.78 is 9.21. The second kappa shape index (κ2) is 4.78. The SMILES string of the molecule is O=c1ccn2c3cnc(Cl)nc3n(C3CCOCC3)c2n1. The monoisotopic (exact) mass is 305 g/mol. The summed E-state index contributed by atoms with van der Waals surface area (Å²) in [6, 6.07) is 1.61. The molecule has 1 saturated heterocycles. The van der Waals surface area contributed by atoms with Crippen LogP contribution in [-0.4, -0.2) is 37.1 Å². The summed E-state index contributed by atoms with van der Waals surface area (Å²) in [4.78, 5) is 24.1. The van der Waals surface area contributed by atoms with Gasteiger partial charge in [-0.25, -0.2) is 4.98 Å². The van der Waals surface area contributed by atoms with Gasteiger partial charge in [-0.15, -0.1) is 0 Å². The lowest BCUT2D eigenvalue weighted by molar-refractivity contribution is 0.0713. The summed E-state index contributed by atoms with van der Waals surface area (Å²) in [6.45, 7) is 1.37. The van der Waals surface area contributed by atoms with E-state index in [1.165, 1.54) is 6.07 Å². The normalized spacial score (nSPS) is 16.8. The van der Waals surface area contributed by atoms with Crippen molar-refractivity contribution in [2.45, 2.75) is 18.9 Å². The van der Waals surface area contributed by atoms with Crippen LogP contribution in [0.1, 0.15) is 18.9 Å². The first-order valence-corrected chi connectivity index (χ1v) is 7.11. The van der Waals surface area contributed by atoms with Crippen molar-refractivity contribution in [1.82, 2.24) is 23.9 Å². The van der Waals surface area contributed by atoms with E-state index in [-0.39, 0.29) is 16.9 Å². The maximum Gasteiger partial charge on any atom is 0.274 e. The van der Waals surface area contributed by atoms with Crippen molar-refractivity contribution in [3.63, 3.8) is 0 Å². The van der Waals surface area contributed by atoms with Crippen LogP contribution in [0.5, 0.6) is 0 Å². The Morgan fingerprint density at radius 1 is 1.29 bits per heavy atom. The predicted molar refractivity (Wildman–Crippen MR) is 76.6 cm³/mol. The van der Waals surface area contributed by atoms with Gasteiger partial charge in [0.1, 0.15) is 5.52 Å². The van der Waals surface area contributed by atoms with Crippen LogP contribution in [0.25, 0.3) is 16.9 Å². The molecule has 0 aliphatic carbocycles. The Kier molecular flexibility index (Phi) is 2.90. The Morgan fingerprint density at radius 3 is 2.90 bits per heavy atom. The van der Waals surface area contributed by atoms with Crippen molar-refractivity contribution in [3.8, 4) is 0 Å². The molecule has 3 aromatic rings. The standard InChI is InChI=1S/C13H12ClN5O2/c14-12-15-7-9-11(17-12)19(8-2-5-21-6-3-8)13-16-10(20)1-4-18(9)13/h1,4,7-8H,2-3,5-6H2. The van der Waals surface area contributed by atoms with Crippen LogP contribution in [0.3, 0.4) is 0 Å². The molecule has 0 atom stereocenters. The van der Waals surface area contributed by atoms with E-state index >= 15 is 0 Å². The van der Waals surface area contributed by atoms with E-state index in [0.29, 0.717) is 24.6 Å². The third-order valence-electron chi connectivity index (χ3n) is 3.77. The highest BCUT2D eigenvalue weighted by Crippen LogP contribution is 2.28. The van der Waals surface area contributed by atoms with Crippen LogP contribution in [0.15, 0.2) is 23.3 Å². The summed E-state index contributed by atoms with van der Waals surface area (Å²) in [7, 11) is 0. The van der Waals surface area contributed by atoms with E-state index in [2.05, 4.69) is 15.0 Å². The van der Waals surface area contributed by atoms with Crippen molar-refractivity contribution in [1.29, 1.82) is 0 Å². The number of imidazole rings is 1. The number of rotatable bonds is 1. The number of nitrogens with zero attached hydrogens (tertiary/aromatic N) is 5. The molecule has 0 saturated carbocycles. The fourth-order valence-electron chi connectivity index (χ4n) is 2.82. The number of fused-ring (bicyclic) bond motifs is 3. The molecule has 108 valence electrons. The number of hydrogen-bond acceptors (Lipinski definition) is 5. The Hall–Kier alpha value is -1.99. The van der Waals surface area contributed by atoms with E-state index in [0.717, 1.165) is 18.4 Å². The second-order valence-electron chi connectivity index (χ2n) is 5.00. The number of hydrogen-bond donors (Lipinski definition) is 0. The van der Waals surface area contributed by atoms with Crippen LogP contribution < -0.4 is 5.56 Å². The van der Waals surface area contributed by atoms with Gasteiger partial charge in [0.25, 0.3) is 5.56 Å². The van der Waals surface area contributed by atoms with Gasteiger partial charge in [0, 0.05) is 31.5 Å². The highest BCUT2D eigenvalue weighted by Gasteiger charge is 2.23. The zero-order chi connectivity index (χ0) is 14.4. The average molecular weight is 306 g/mol. The Labute approximate surface area is 124 Å². The van der Waals surface area contributed by atoms with Gasteiger partial charge < -0.3 is 4.74 Å². The third kappa shape index (κ3) is 2.00. The molecule has 0 spiro atoms. The van der Waals surface area contributed by atoms with Gasteiger partial charge >= 0.3 is 0 Å². The molecule has 1 aliphatic rings. The first-order valence-electron chi connectivity index (χ1n) is 6.73. The molecule has 21 heavy (non-hydrogen) atoms. The van der Waals surface area contributed by atoms with Crippen LogP contribution in [-0.2, 0) is 4.74 Å². The quantitative estimate of drug-likeness (QED) is 0.636. The smallest absolute Gasteiger partial charge is 0.274 e. The van der Waals surface area contributed by atoms with Gasteiger partial charge in [-0.2, -0.15) is 9.97 Å². The van der Waals surface area contributed by atoms with Gasteiger partial charge in [-0.3, -0.25) is 13.8 Å². The fraction of sp³-hybridized carbons (Fsp3) is 0.385. The fourth-order valence-corrected chi connectivity index (χ4v) is 2.95. The minimum atomic E-state index is -0.273. The highest BCUT2D eigenvalue weighted by molar-refractivity contribution is 6.28. The molecule has 4 rings (SSSR count). The van der Waals surface area contributed by atoms with Crippen LogP contribution in [0, 0.1) is 0 Å². The van der Waals surface area contributed by atoms with E-state index in [1.54, 1.807) is 12.4 Å². The van der Waals surface area contributed by atoms with E-state index in [4.69, 9.17) is 16.3 Å². The van der Waals surface area contributed by atoms with Gasteiger partial charge in [-0.1, -0.05) is 0 Å². The molecule has 1 aliphatic heterocycles. The zero-order valence-corrected chi connectivity index (χ0v) is 11.8. The summed E-state index contributed by atoms with van der Waals surface area (Å²) >= 11 is 5.94. The second-order valence-corrected chi connectivity index (χ2v) is 5.34. The Morgan fingerprint density at radius 2 is 2.10 bits per heavy atom. The van der Waals surface area contributed by atoms with Crippen molar-refractivity contribution in [2.24, 2.45) is 0 Å². The lowest BCUT2D eigenvalue weighted by Crippen LogP contribution is -2.21. The molecule has 0 N–H and O–H groups in total. The van der Waals surface area contributed by atoms with Crippen molar-refractivity contribution in [3.05, 3.63) is 34.1 Å². The molecule has 3 aromatic heterocycles. The van der Waals surface area contributed by atoms with Crippen LogP contribution >= 0.6 is 11.6 Å². The minimum absolute atomic E-state index is 0.182. The molecule has 0 amide bonds. The summed E-state index contributed by atoms with van der Waals surface area (Å²) in [6.07, 6.45) is 5.05. The molecule has 0 aromatic carbocycles. The molecular formula is C13H12ClN5O2. The Bertz CT molecular complexity index is 881. The molecule has 1 fully saturated rings. The number of ether oxygens (including phenoxy) is 1. The summed E-state index contributed by atoms with van der Waals surface area (Å²) in [5.41, 5.74) is 1.21. The van der Waals surface area contributed by atoms with Crippen molar-refractivity contribution in [2.75, 3.05) is 13.2 Å². The summed E-state index contributed by atoms with van der Waals surface area (Å²) in [5.74, 6) is 0.570. The molecule has 7 nitrogen and oxygen atoms in total. The third-order valence-corrected chi connectivity index (χ3v) is 3.95. The van der Waals surface area contributed by atoms with Crippen LogP contribution in [0.2, 0.25) is 5.28 Å². The molecule has 0 bridgehead atoms. The maximum absolute atomic E-state index is 11.6. The highest BCUT2D eigenvalue weighted by atomic mass is 35.5. The molecule has 0 radical (unpaired) electrons. The number of halogens is 1. The van der Waals surface area contributed by atoms with E-state index < -0.39 is 0 Å². The Balaban J connectivity index is 2.09. The van der Waals surface area contributed by atoms with E-state index in [1.807, 2.05) is 8.97 Å². The van der Waals surface area contributed by atoms with Gasteiger partial charge in [-0.05, 0) is 24.4 Å². The topological polar surface area (TPSA) is 74.3 Å².